The second-order valence-electron chi connectivity index (χ2n) is 3.36. The van der Waals surface area contributed by atoms with Crippen molar-refractivity contribution in [2.24, 2.45) is 0 Å². The molecule has 7 heteroatoms. The molecular formula is C9H13F3N2OS. The second-order valence-corrected chi connectivity index (χ2v) is 4.20. The van der Waals surface area contributed by atoms with Crippen molar-refractivity contribution < 1.29 is 18.3 Å². The van der Waals surface area contributed by atoms with Crippen molar-refractivity contribution >= 4 is 16.5 Å². The van der Waals surface area contributed by atoms with E-state index in [0.29, 0.717) is 5.69 Å². The molecule has 92 valence electrons. The maximum Gasteiger partial charge on any atom is 0.406 e. The lowest BCUT2D eigenvalue weighted by atomic mass is 10.3. The molecule has 1 unspecified atom stereocenters. The Morgan fingerprint density at radius 3 is 2.56 bits per heavy atom. The average Bonchev–Trinajstić information content (AvgIpc) is 2.61. The smallest absolute Gasteiger partial charge is 0.387 e. The maximum absolute atomic E-state index is 12.2. The fourth-order valence-corrected chi connectivity index (χ4v) is 2.12. The van der Waals surface area contributed by atoms with Crippen molar-refractivity contribution in [3.05, 3.63) is 11.1 Å². The van der Waals surface area contributed by atoms with Crippen molar-refractivity contribution in [2.75, 3.05) is 18.0 Å². The van der Waals surface area contributed by atoms with Gasteiger partial charge >= 0.3 is 6.18 Å². The number of thiazole rings is 1. The van der Waals surface area contributed by atoms with Crippen LogP contribution in [-0.2, 0) is 0 Å². The van der Waals surface area contributed by atoms with Crippen LogP contribution in [0.4, 0.5) is 18.3 Å². The molecule has 1 heterocycles. The minimum atomic E-state index is -4.24. The van der Waals surface area contributed by atoms with Gasteiger partial charge in [-0.15, -0.1) is 11.3 Å². The number of aliphatic hydroxyl groups is 1. The van der Waals surface area contributed by atoms with Crippen LogP contribution in [0.1, 0.15) is 25.6 Å². The molecule has 0 aromatic carbocycles. The summed E-state index contributed by atoms with van der Waals surface area (Å²) in [5.41, 5.74) is 0.403. The summed E-state index contributed by atoms with van der Waals surface area (Å²) < 4.78 is 36.7. The van der Waals surface area contributed by atoms with Crippen LogP contribution >= 0.6 is 11.3 Å². The van der Waals surface area contributed by atoms with E-state index in [1.807, 2.05) is 0 Å². The zero-order chi connectivity index (χ0) is 12.3. The van der Waals surface area contributed by atoms with Crippen molar-refractivity contribution in [1.29, 1.82) is 0 Å². The normalized spacial score (nSPS) is 13.9. The molecule has 0 radical (unpaired) electrons. The summed E-state index contributed by atoms with van der Waals surface area (Å²) in [7, 11) is 0. The minimum Gasteiger partial charge on any atom is -0.387 e. The molecule has 16 heavy (non-hydrogen) atoms. The van der Waals surface area contributed by atoms with Crippen LogP contribution in [0.15, 0.2) is 5.38 Å². The van der Waals surface area contributed by atoms with E-state index in [1.165, 1.54) is 6.92 Å². The van der Waals surface area contributed by atoms with Gasteiger partial charge in [-0.25, -0.2) is 4.98 Å². The van der Waals surface area contributed by atoms with E-state index in [2.05, 4.69) is 4.98 Å². The summed E-state index contributed by atoms with van der Waals surface area (Å²) in [6, 6.07) is 0. The number of aliphatic hydroxyl groups excluding tert-OH is 1. The Balaban J connectivity index is 2.79. The predicted molar refractivity (Wildman–Crippen MR) is 56.7 cm³/mol. The minimum absolute atomic E-state index is 0.228. The number of hydrogen-bond acceptors (Lipinski definition) is 4. The van der Waals surface area contributed by atoms with Crippen molar-refractivity contribution in [1.82, 2.24) is 4.98 Å². The molecule has 0 aliphatic heterocycles. The average molecular weight is 254 g/mol. The van der Waals surface area contributed by atoms with Crippen LogP contribution in [0, 0.1) is 0 Å². The number of hydrogen-bond donors (Lipinski definition) is 1. The number of anilines is 1. The van der Waals surface area contributed by atoms with Crippen LogP contribution < -0.4 is 4.90 Å². The molecular weight excluding hydrogens is 241 g/mol. The highest BCUT2D eigenvalue weighted by Gasteiger charge is 2.31. The number of aromatic nitrogens is 1. The highest BCUT2D eigenvalue weighted by Crippen LogP contribution is 2.26. The van der Waals surface area contributed by atoms with Crippen LogP contribution in [0.25, 0.3) is 0 Å². The molecule has 0 saturated heterocycles. The second kappa shape index (κ2) is 5.01. The van der Waals surface area contributed by atoms with E-state index in [-0.39, 0.29) is 11.7 Å². The van der Waals surface area contributed by atoms with Gasteiger partial charge in [0.1, 0.15) is 6.54 Å². The molecule has 0 aliphatic carbocycles. The predicted octanol–water partition coefficient (Wildman–Crippen LogP) is 2.59. The van der Waals surface area contributed by atoms with Gasteiger partial charge in [0.2, 0.25) is 0 Å². The quantitative estimate of drug-likeness (QED) is 0.897. The third kappa shape index (κ3) is 3.64. The number of alkyl halides is 3. The summed E-state index contributed by atoms with van der Waals surface area (Å²) in [6.45, 7) is 2.37. The molecule has 0 fully saturated rings. The molecule has 1 aromatic heterocycles. The lowest BCUT2D eigenvalue weighted by Crippen LogP contribution is -2.34. The van der Waals surface area contributed by atoms with E-state index in [1.54, 1.807) is 12.3 Å². The highest BCUT2D eigenvalue weighted by molar-refractivity contribution is 7.13. The molecule has 1 atom stereocenters. The summed E-state index contributed by atoms with van der Waals surface area (Å²) in [5.74, 6) is 0. The lowest BCUT2D eigenvalue weighted by Gasteiger charge is -2.21. The van der Waals surface area contributed by atoms with Crippen LogP contribution in [0.5, 0.6) is 0 Å². The first-order valence-electron chi connectivity index (χ1n) is 4.78. The van der Waals surface area contributed by atoms with Gasteiger partial charge < -0.3 is 10.0 Å². The van der Waals surface area contributed by atoms with Crippen molar-refractivity contribution in [3.63, 3.8) is 0 Å². The van der Waals surface area contributed by atoms with Gasteiger partial charge in [0.05, 0.1) is 11.8 Å². The van der Waals surface area contributed by atoms with Gasteiger partial charge in [-0.05, 0) is 13.8 Å². The molecule has 0 bridgehead atoms. The van der Waals surface area contributed by atoms with Crippen LogP contribution in [0.2, 0.25) is 0 Å². The van der Waals surface area contributed by atoms with Crippen molar-refractivity contribution in [3.8, 4) is 0 Å². The van der Waals surface area contributed by atoms with Gasteiger partial charge in [-0.3, -0.25) is 0 Å². The van der Waals surface area contributed by atoms with Gasteiger partial charge in [-0.2, -0.15) is 13.2 Å². The molecule has 0 aliphatic rings. The maximum atomic E-state index is 12.2. The molecule has 0 amide bonds. The Labute approximate surface area is 95.5 Å². The first-order chi connectivity index (χ1) is 7.33. The number of nitrogens with zero attached hydrogens (tertiary/aromatic N) is 2. The van der Waals surface area contributed by atoms with E-state index in [0.717, 1.165) is 16.2 Å². The third-order valence-corrected chi connectivity index (χ3v) is 2.88. The largest absolute Gasteiger partial charge is 0.406 e. The number of rotatable bonds is 4. The topological polar surface area (TPSA) is 36.4 Å². The van der Waals surface area contributed by atoms with Gasteiger partial charge in [0, 0.05) is 11.9 Å². The Morgan fingerprint density at radius 2 is 2.19 bits per heavy atom. The molecule has 0 saturated carbocycles. The fraction of sp³-hybridized carbons (Fsp3) is 0.667. The molecule has 1 N–H and O–H groups in total. The SMILES string of the molecule is CCN(CC(F)(F)F)c1nc(C(C)O)cs1. The summed E-state index contributed by atoms with van der Waals surface area (Å²) in [6.07, 6.45) is -5.00. The van der Waals surface area contributed by atoms with E-state index < -0.39 is 18.8 Å². The Hall–Kier alpha value is -0.820. The van der Waals surface area contributed by atoms with Gasteiger partial charge in [0.15, 0.2) is 5.13 Å². The zero-order valence-corrected chi connectivity index (χ0v) is 9.77. The lowest BCUT2D eigenvalue weighted by molar-refractivity contribution is -0.119. The molecule has 0 spiro atoms. The molecule has 1 rings (SSSR count). The zero-order valence-electron chi connectivity index (χ0n) is 8.95. The first-order valence-corrected chi connectivity index (χ1v) is 5.66. The van der Waals surface area contributed by atoms with Crippen LogP contribution in [0.3, 0.4) is 0 Å². The van der Waals surface area contributed by atoms with E-state index in [9.17, 15) is 18.3 Å². The van der Waals surface area contributed by atoms with Crippen molar-refractivity contribution in [2.45, 2.75) is 26.1 Å². The summed E-state index contributed by atoms with van der Waals surface area (Å²) in [5, 5.41) is 11.1. The third-order valence-electron chi connectivity index (χ3n) is 1.96. The molecule has 3 nitrogen and oxygen atoms in total. The van der Waals surface area contributed by atoms with Gasteiger partial charge in [0.25, 0.3) is 0 Å². The first kappa shape index (κ1) is 13.2. The summed E-state index contributed by atoms with van der Waals surface area (Å²) in [4.78, 5) is 5.10. The Kier molecular flexibility index (Phi) is 4.15. The van der Waals surface area contributed by atoms with E-state index >= 15 is 0 Å². The monoisotopic (exact) mass is 254 g/mol. The fourth-order valence-electron chi connectivity index (χ4n) is 1.14. The van der Waals surface area contributed by atoms with E-state index in [4.69, 9.17) is 0 Å². The highest BCUT2D eigenvalue weighted by atomic mass is 32.1. The Morgan fingerprint density at radius 1 is 1.56 bits per heavy atom. The Bertz CT molecular complexity index is 338. The standard InChI is InChI=1S/C9H13F3N2OS/c1-3-14(5-9(10,11)12)8-13-7(4-16-8)6(2)15/h4,6,15H,3,5H2,1-2H3. The molecule has 1 aromatic rings. The van der Waals surface area contributed by atoms with Gasteiger partial charge in [-0.1, -0.05) is 0 Å². The summed E-state index contributed by atoms with van der Waals surface area (Å²) >= 11 is 1.11. The van der Waals surface area contributed by atoms with Crippen LogP contribution in [-0.4, -0.2) is 29.4 Å². The number of halogens is 3.